The van der Waals surface area contributed by atoms with E-state index in [9.17, 15) is 39.3 Å². The van der Waals surface area contributed by atoms with Crippen molar-refractivity contribution in [2.75, 3.05) is 6.54 Å². The minimum Gasteiger partial charge on any atom is -0.508 e. The molecule has 0 radical (unpaired) electrons. The summed E-state index contributed by atoms with van der Waals surface area (Å²) in [7, 11) is 0. The molecule has 3 amide bonds. The van der Waals surface area contributed by atoms with Crippen molar-refractivity contribution in [1.82, 2.24) is 16.0 Å². The highest BCUT2D eigenvalue weighted by Gasteiger charge is 2.29. The number of nitrogens with one attached hydrogen (secondary N) is 3. The summed E-state index contributed by atoms with van der Waals surface area (Å²) in [6.45, 7) is 0.618. The fraction of sp³-hybridized carbons (Fsp3) is 0.421. The van der Waals surface area contributed by atoms with Gasteiger partial charge in [-0.2, -0.15) is 0 Å². The van der Waals surface area contributed by atoms with E-state index in [1.807, 2.05) is 0 Å². The van der Waals surface area contributed by atoms with Crippen LogP contribution in [0.5, 0.6) is 5.75 Å². The second-order valence-corrected chi connectivity index (χ2v) is 6.97. The topological polar surface area (TPSA) is 228 Å². The van der Waals surface area contributed by atoms with Gasteiger partial charge in [0.05, 0.1) is 19.1 Å². The highest BCUT2D eigenvalue weighted by molar-refractivity contribution is 5.94. The first-order valence-electron chi connectivity index (χ1n) is 9.44. The van der Waals surface area contributed by atoms with Gasteiger partial charge in [0.15, 0.2) is 0 Å². The molecule has 9 N–H and O–H groups in total. The second kappa shape index (κ2) is 12.2. The van der Waals surface area contributed by atoms with Crippen molar-refractivity contribution >= 4 is 29.7 Å². The highest BCUT2D eigenvalue weighted by Crippen LogP contribution is 2.11. The number of carbonyl (C=O) groups excluding carboxylic acids is 3. The number of carboxylic acid groups (broad SMARTS) is 2. The van der Waals surface area contributed by atoms with E-state index in [1.54, 1.807) is 0 Å². The zero-order valence-corrected chi connectivity index (χ0v) is 17.1. The van der Waals surface area contributed by atoms with Crippen LogP contribution in [0.25, 0.3) is 0 Å². The normalized spacial score (nSPS) is 14.3. The molecular weight excluding hydrogens is 428 g/mol. The molecule has 13 nitrogen and oxygen atoms in total. The first-order valence-corrected chi connectivity index (χ1v) is 9.44. The van der Waals surface area contributed by atoms with Gasteiger partial charge >= 0.3 is 11.9 Å². The maximum Gasteiger partial charge on any atom is 0.326 e. The van der Waals surface area contributed by atoms with Gasteiger partial charge in [-0.05, 0) is 24.6 Å². The quantitative estimate of drug-likeness (QED) is 0.163. The number of carbonyl (C=O) groups is 5. The Morgan fingerprint density at radius 3 is 2.06 bits per heavy atom. The van der Waals surface area contributed by atoms with E-state index in [2.05, 4.69) is 16.0 Å². The van der Waals surface area contributed by atoms with Crippen LogP contribution < -0.4 is 21.7 Å². The van der Waals surface area contributed by atoms with Gasteiger partial charge < -0.3 is 42.1 Å². The third-order valence-corrected chi connectivity index (χ3v) is 4.27. The van der Waals surface area contributed by atoms with Crippen LogP contribution >= 0.6 is 0 Å². The number of aromatic hydroxyl groups is 1. The number of aliphatic hydroxyl groups excluding tert-OH is 1. The minimum absolute atomic E-state index is 0.0320. The van der Waals surface area contributed by atoms with Crippen LogP contribution in [0.15, 0.2) is 24.3 Å². The number of rotatable bonds is 12. The summed E-state index contributed by atoms with van der Waals surface area (Å²) in [4.78, 5) is 58.8. The molecule has 0 fully saturated rings. The molecular formula is C19H26N4O9. The van der Waals surface area contributed by atoms with Crippen molar-refractivity contribution in [3.8, 4) is 5.75 Å². The summed E-state index contributed by atoms with van der Waals surface area (Å²) in [6.07, 6.45) is -2.18. The Bertz CT molecular complexity index is 842. The molecule has 0 bridgehead atoms. The van der Waals surface area contributed by atoms with Crippen LogP contribution in [0.2, 0.25) is 0 Å². The molecule has 0 saturated carbocycles. The summed E-state index contributed by atoms with van der Waals surface area (Å²) in [5, 5.41) is 43.4. The SMILES string of the molecule is CC(O)C(N)C(=O)NCC(=O)NC(CC(=O)O)C(=O)NC(Cc1ccc(O)cc1)C(=O)O. The number of amides is 3. The number of aliphatic hydroxyl groups is 1. The van der Waals surface area contributed by atoms with Crippen molar-refractivity contribution in [1.29, 1.82) is 0 Å². The molecule has 0 saturated heterocycles. The average Bonchev–Trinajstić information content (AvgIpc) is 2.71. The Hall–Kier alpha value is -3.71. The number of aliphatic carboxylic acids is 2. The highest BCUT2D eigenvalue weighted by atomic mass is 16.4. The summed E-state index contributed by atoms with van der Waals surface area (Å²) >= 11 is 0. The Labute approximate surface area is 182 Å². The van der Waals surface area contributed by atoms with Crippen molar-refractivity contribution in [3.05, 3.63) is 29.8 Å². The molecule has 0 spiro atoms. The van der Waals surface area contributed by atoms with E-state index in [4.69, 9.17) is 10.8 Å². The summed E-state index contributed by atoms with van der Waals surface area (Å²) < 4.78 is 0. The lowest BCUT2D eigenvalue weighted by Crippen LogP contribution is -2.55. The number of benzene rings is 1. The van der Waals surface area contributed by atoms with Crippen molar-refractivity contribution in [2.24, 2.45) is 5.73 Å². The van der Waals surface area contributed by atoms with Crippen LogP contribution in [-0.4, -0.2) is 80.9 Å². The number of carboxylic acids is 2. The lowest BCUT2D eigenvalue weighted by atomic mass is 10.0. The van der Waals surface area contributed by atoms with E-state index in [0.29, 0.717) is 5.56 Å². The van der Waals surface area contributed by atoms with E-state index < -0.39 is 66.9 Å². The van der Waals surface area contributed by atoms with Crippen LogP contribution in [-0.2, 0) is 30.4 Å². The molecule has 176 valence electrons. The lowest BCUT2D eigenvalue weighted by molar-refractivity contribution is -0.143. The molecule has 0 aromatic heterocycles. The zero-order valence-electron chi connectivity index (χ0n) is 17.1. The van der Waals surface area contributed by atoms with E-state index in [0.717, 1.165) is 0 Å². The Kier molecular flexibility index (Phi) is 10.1. The molecule has 0 aliphatic heterocycles. The van der Waals surface area contributed by atoms with Crippen LogP contribution in [0.1, 0.15) is 18.9 Å². The van der Waals surface area contributed by atoms with Gasteiger partial charge in [-0.15, -0.1) is 0 Å². The Morgan fingerprint density at radius 2 is 1.56 bits per heavy atom. The van der Waals surface area contributed by atoms with Gasteiger partial charge in [0.25, 0.3) is 0 Å². The molecule has 0 aliphatic carbocycles. The number of hydrogen-bond donors (Lipinski definition) is 8. The number of phenolic OH excluding ortho intramolecular Hbond substituents is 1. The fourth-order valence-corrected chi connectivity index (χ4v) is 2.47. The molecule has 1 aromatic rings. The molecule has 1 rings (SSSR count). The smallest absolute Gasteiger partial charge is 0.326 e. The standard InChI is InChI=1S/C19H26N4O9/c1-9(24)16(20)18(30)21-8-14(26)22-12(7-15(27)28)17(29)23-13(19(31)32)6-10-2-4-11(25)5-3-10/h2-5,9,12-13,16,24-25H,6-8,20H2,1H3,(H,21,30)(H,22,26)(H,23,29)(H,27,28)(H,31,32). The lowest BCUT2D eigenvalue weighted by Gasteiger charge is -2.21. The minimum atomic E-state index is -1.62. The first-order chi connectivity index (χ1) is 14.9. The van der Waals surface area contributed by atoms with E-state index in [-0.39, 0.29) is 12.2 Å². The third-order valence-electron chi connectivity index (χ3n) is 4.27. The van der Waals surface area contributed by atoms with Crippen LogP contribution in [0.3, 0.4) is 0 Å². The molecule has 32 heavy (non-hydrogen) atoms. The monoisotopic (exact) mass is 454 g/mol. The summed E-state index contributed by atoms with van der Waals surface area (Å²) in [5.41, 5.74) is 5.89. The maximum absolute atomic E-state index is 12.5. The fourth-order valence-electron chi connectivity index (χ4n) is 2.47. The predicted octanol–water partition coefficient (Wildman–Crippen LogP) is -2.71. The maximum atomic E-state index is 12.5. The average molecular weight is 454 g/mol. The summed E-state index contributed by atoms with van der Waals surface area (Å²) in [5.74, 6) is -5.69. The van der Waals surface area contributed by atoms with Crippen molar-refractivity contribution in [2.45, 2.75) is 44.0 Å². The van der Waals surface area contributed by atoms with E-state index >= 15 is 0 Å². The van der Waals surface area contributed by atoms with Gasteiger partial charge in [0, 0.05) is 6.42 Å². The molecule has 0 heterocycles. The molecule has 4 atom stereocenters. The molecule has 0 aliphatic rings. The number of hydrogen-bond acceptors (Lipinski definition) is 8. The Balaban J connectivity index is 2.79. The van der Waals surface area contributed by atoms with Crippen molar-refractivity contribution < 1.29 is 44.4 Å². The number of nitrogens with two attached hydrogens (primary N) is 1. The molecule has 4 unspecified atom stereocenters. The molecule has 13 heteroatoms. The largest absolute Gasteiger partial charge is 0.508 e. The first kappa shape index (κ1) is 26.3. The van der Waals surface area contributed by atoms with E-state index in [1.165, 1.54) is 31.2 Å². The van der Waals surface area contributed by atoms with Crippen LogP contribution in [0.4, 0.5) is 0 Å². The zero-order chi connectivity index (χ0) is 24.4. The van der Waals surface area contributed by atoms with Crippen molar-refractivity contribution in [3.63, 3.8) is 0 Å². The van der Waals surface area contributed by atoms with Gasteiger partial charge in [-0.1, -0.05) is 12.1 Å². The van der Waals surface area contributed by atoms with Gasteiger partial charge in [0.1, 0.15) is 23.9 Å². The van der Waals surface area contributed by atoms with Gasteiger partial charge in [-0.25, -0.2) is 4.79 Å². The van der Waals surface area contributed by atoms with Crippen LogP contribution in [0, 0.1) is 0 Å². The third kappa shape index (κ3) is 8.97. The van der Waals surface area contributed by atoms with Gasteiger partial charge in [0.2, 0.25) is 17.7 Å². The molecule has 1 aromatic carbocycles. The van der Waals surface area contributed by atoms with Gasteiger partial charge in [-0.3, -0.25) is 19.2 Å². The summed E-state index contributed by atoms with van der Waals surface area (Å²) in [6, 6.07) is 1.22. The predicted molar refractivity (Wildman–Crippen MR) is 108 cm³/mol. The number of phenols is 1. The second-order valence-electron chi connectivity index (χ2n) is 6.97. The Morgan fingerprint density at radius 1 is 0.969 bits per heavy atom.